The molecule has 2 aromatic carbocycles. The van der Waals surface area contributed by atoms with E-state index in [9.17, 15) is 4.79 Å². The van der Waals surface area contributed by atoms with Gasteiger partial charge in [-0.25, -0.2) is 9.97 Å². The van der Waals surface area contributed by atoms with E-state index in [-0.39, 0.29) is 12.0 Å². The van der Waals surface area contributed by atoms with Gasteiger partial charge in [0.2, 0.25) is 5.91 Å². The minimum Gasteiger partial charge on any atom is -0.497 e. The molecule has 2 aliphatic rings. The number of benzene rings is 2. The quantitative estimate of drug-likeness (QED) is 0.583. The van der Waals surface area contributed by atoms with Crippen LogP contribution >= 0.6 is 0 Å². The molecule has 1 amide bonds. The maximum atomic E-state index is 12.5. The molecule has 2 fully saturated rings. The zero-order chi connectivity index (χ0) is 22.8. The number of anilines is 2. The van der Waals surface area contributed by atoms with Crippen LogP contribution in [0.25, 0.3) is 10.9 Å². The lowest BCUT2D eigenvalue weighted by atomic mass is 9.84. The number of likely N-dealkylation sites (tertiary alicyclic amines) is 1. The van der Waals surface area contributed by atoms with Crippen LogP contribution in [0, 0.1) is 12.8 Å². The number of methoxy groups -OCH3 is 1. The summed E-state index contributed by atoms with van der Waals surface area (Å²) in [5.74, 6) is 3.01. The average Bonchev–Trinajstić information content (AvgIpc) is 2.80. The lowest BCUT2D eigenvalue weighted by molar-refractivity contribution is -0.140. The maximum Gasteiger partial charge on any atom is 0.225 e. The molecule has 1 saturated heterocycles. The number of amides is 1. The van der Waals surface area contributed by atoms with Crippen LogP contribution in [0.2, 0.25) is 0 Å². The van der Waals surface area contributed by atoms with Gasteiger partial charge in [-0.3, -0.25) is 4.79 Å². The van der Waals surface area contributed by atoms with Gasteiger partial charge in [-0.05, 0) is 61.7 Å². The molecule has 0 bridgehead atoms. The summed E-state index contributed by atoms with van der Waals surface area (Å²) in [7, 11) is 1.65. The monoisotopic (exact) mass is 446 g/mol. The molecule has 3 aromatic rings. The zero-order valence-corrected chi connectivity index (χ0v) is 19.2. The Balaban J connectivity index is 1.23. The Labute approximate surface area is 194 Å². The molecule has 0 radical (unpaired) electrons. The summed E-state index contributed by atoms with van der Waals surface area (Å²) in [5.41, 5.74) is 2.85. The molecule has 0 atom stereocenters. The first kappa shape index (κ1) is 21.5. The van der Waals surface area contributed by atoms with E-state index >= 15 is 0 Å². The third-order valence-corrected chi connectivity index (χ3v) is 6.78. The number of carbonyl (C=O) groups excluding carboxylic acids is 1. The minimum atomic E-state index is 0.145. The van der Waals surface area contributed by atoms with E-state index in [1.165, 1.54) is 6.42 Å². The number of hydrogen-bond donors (Lipinski definition) is 1. The van der Waals surface area contributed by atoms with Crippen molar-refractivity contribution in [1.29, 1.82) is 0 Å². The number of ether oxygens (including phenoxy) is 2. The van der Waals surface area contributed by atoms with Crippen LogP contribution in [0.3, 0.4) is 0 Å². The Morgan fingerprint density at radius 3 is 2.58 bits per heavy atom. The molecule has 33 heavy (non-hydrogen) atoms. The van der Waals surface area contributed by atoms with Crippen LogP contribution in [-0.2, 0) is 4.79 Å². The summed E-state index contributed by atoms with van der Waals surface area (Å²) < 4.78 is 11.7. The van der Waals surface area contributed by atoms with Crippen molar-refractivity contribution in [3.05, 3.63) is 48.3 Å². The summed E-state index contributed by atoms with van der Waals surface area (Å²) in [6.45, 7) is 3.64. The molecule has 0 unspecified atom stereocenters. The van der Waals surface area contributed by atoms with Gasteiger partial charge in [0.1, 0.15) is 29.7 Å². The SMILES string of the molecule is COc1ccc2ncnc(Nc3ccc(OC4CCN(C(=O)C5CCC5)CC4)c(C)c3)c2c1. The van der Waals surface area contributed by atoms with E-state index in [2.05, 4.69) is 28.3 Å². The van der Waals surface area contributed by atoms with Crippen LogP contribution in [0.15, 0.2) is 42.7 Å². The van der Waals surface area contributed by atoms with Gasteiger partial charge in [-0.2, -0.15) is 0 Å². The lowest BCUT2D eigenvalue weighted by Gasteiger charge is -2.36. The molecule has 5 rings (SSSR count). The molecule has 1 aliphatic heterocycles. The molecule has 7 heteroatoms. The smallest absolute Gasteiger partial charge is 0.225 e. The highest BCUT2D eigenvalue weighted by Crippen LogP contribution is 2.32. The number of nitrogens with one attached hydrogen (secondary N) is 1. The van der Waals surface area contributed by atoms with Crippen LogP contribution in [0.1, 0.15) is 37.7 Å². The molecule has 172 valence electrons. The Hall–Kier alpha value is -3.35. The van der Waals surface area contributed by atoms with Crippen molar-refractivity contribution >= 4 is 28.3 Å². The highest BCUT2D eigenvalue weighted by atomic mass is 16.5. The predicted molar refractivity (Wildman–Crippen MR) is 128 cm³/mol. The van der Waals surface area contributed by atoms with Crippen molar-refractivity contribution in [3.8, 4) is 11.5 Å². The average molecular weight is 447 g/mol. The topological polar surface area (TPSA) is 76.6 Å². The zero-order valence-electron chi connectivity index (χ0n) is 19.2. The van der Waals surface area contributed by atoms with Gasteiger partial charge < -0.3 is 19.7 Å². The van der Waals surface area contributed by atoms with Gasteiger partial charge in [-0.15, -0.1) is 0 Å². The number of fused-ring (bicyclic) bond motifs is 1. The van der Waals surface area contributed by atoms with E-state index in [1.54, 1.807) is 13.4 Å². The Morgan fingerprint density at radius 1 is 1.06 bits per heavy atom. The number of piperidine rings is 1. The van der Waals surface area contributed by atoms with Gasteiger partial charge >= 0.3 is 0 Å². The fourth-order valence-electron chi connectivity index (χ4n) is 4.55. The Morgan fingerprint density at radius 2 is 1.88 bits per heavy atom. The van der Waals surface area contributed by atoms with Gasteiger partial charge in [-0.1, -0.05) is 6.42 Å². The van der Waals surface area contributed by atoms with E-state index in [0.717, 1.165) is 78.2 Å². The van der Waals surface area contributed by atoms with E-state index in [1.807, 2.05) is 35.2 Å². The van der Waals surface area contributed by atoms with E-state index in [4.69, 9.17) is 9.47 Å². The van der Waals surface area contributed by atoms with Crippen LogP contribution < -0.4 is 14.8 Å². The largest absolute Gasteiger partial charge is 0.497 e. The lowest BCUT2D eigenvalue weighted by Crippen LogP contribution is -2.45. The first-order chi connectivity index (χ1) is 16.1. The number of rotatable bonds is 6. The summed E-state index contributed by atoms with van der Waals surface area (Å²) in [5, 5.41) is 4.30. The van der Waals surface area contributed by atoms with E-state index in [0.29, 0.717) is 5.91 Å². The molecular weight excluding hydrogens is 416 g/mol. The van der Waals surface area contributed by atoms with Crippen molar-refractivity contribution in [3.63, 3.8) is 0 Å². The van der Waals surface area contributed by atoms with Crippen molar-refractivity contribution in [2.45, 2.75) is 45.1 Å². The maximum absolute atomic E-state index is 12.5. The second-order valence-electron chi connectivity index (χ2n) is 8.98. The van der Waals surface area contributed by atoms with Crippen molar-refractivity contribution in [2.75, 3.05) is 25.5 Å². The first-order valence-electron chi connectivity index (χ1n) is 11.7. The third kappa shape index (κ3) is 4.58. The number of carbonyl (C=O) groups is 1. The van der Waals surface area contributed by atoms with Crippen LogP contribution in [-0.4, -0.2) is 47.1 Å². The molecular formula is C26H30N4O3. The Bertz CT molecular complexity index is 1150. The molecule has 1 saturated carbocycles. The molecule has 0 spiro atoms. The highest BCUT2D eigenvalue weighted by molar-refractivity contribution is 5.91. The first-order valence-corrected chi connectivity index (χ1v) is 11.7. The van der Waals surface area contributed by atoms with Crippen LogP contribution in [0.5, 0.6) is 11.5 Å². The number of aryl methyl sites for hydroxylation is 1. The molecule has 1 N–H and O–H groups in total. The standard InChI is InChI=1S/C26H30N4O3/c1-17-14-19(29-25-22-15-21(32-2)7-8-23(22)27-16-28-25)6-9-24(17)33-20-10-12-30(13-11-20)26(31)18-4-3-5-18/h6-9,14-16,18,20H,3-5,10-13H2,1-2H3,(H,27,28,29). The molecule has 7 nitrogen and oxygen atoms in total. The third-order valence-electron chi connectivity index (χ3n) is 6.78. The van der Waals surface area contributed by atoms with Crippen LogP contribution in [0.4, 0.5) is 11.5 Å². The van der Waals surface area contributed by atoms with Gasteiger partial charge in [0.05, 0.1) is 12.6 Å². The van der Waals surface area contributed by atoms with Gasteiger partial charge in [0.25, 0.3) is 0 Å². The summed E-state index contributed by atoms with van der Waals surface area (Å²) in [4.78, 5) is 23.3. The fourth-order valence-corrected chi connectivity index (χ4v) is 4.55. The number of hydrogen-bond acceptors (Lipinski definition) is 6. The predicted octanol–water partition coefficient (Wildman–Crippen LogP) is 4.86. The molecule has 1 aromatic heterocycles. The van der Waals surface area contributed by atoms with Crippen molar-refractivity contribution in [1.82, 2.24) is 14.9 Å². The van der Waals surface area contributed by atoms with Crippen molar-refractivity contribution in [2.24, 2.45) is 5.92 Å². The minimum absolute atomic E-state index is 0.145. The van der Waals surface area contributed by atoms with Gasteiger partial charge in [0.15, 0.2) is 0 Å². The highest BCUT2D eigenvalue weighted by Gasteiger charge is 2.32. The summed E-state index contributed by atoms with van der Waals surface area (Å²) >= 11 is 0. The normalized spacial score (nSPS) is 17.0. The number of aromatic nitrogens is 2. The second-order valence-corrected chi connectivity index (χ2v) is 8.98. The summed E-state index contributed by atoms with van der Waals surface area (Å²) in [6.07, 6.45) is 6.79. The van der Waals surface area contributed by atoms with Crippen molar-refractivity contribution < 1.29 is 14.3 Å². The summed E-state index contributed by atoms with van der Waals surface area (Å²) in [6, 6.07) is 11.8. The molecule has 1 aliphatic carbocycles. The fraction of sp³-hybridized carbons (Fsp3) is 0.423. The van der Waals surface area contributed by atoms with Gasteiger partial charge in [0, 0.05) is 42.9 Å². The number of nitrogens with zero attached hydrogens (tertiary/aromatic N) is 3. The second kappa shape index (κ2) is 9.25. The van der Waals surface area contributed by atoms with E-state index < -0.39 is 0 Å². The molecule has 2 heterocycles. The Kier molecular flexibility index (Phi) is 6.03.